The summed E-state index contributed by atoms with van der Waals surface area (Å²) in [5.74, 6) is -1.29. The van der Waals surface area contributed by atoms with Crippen LogP contribution in [0.2, 0.25) is 0 Å². The van der Waals surface area contributed by atoms with Gasteiger partial charge >= 0.3 is 5.97 Å². The van der Waals surface area contributed by atoms with Gasteiger partial charge in [-0.15, -0.1) is 0 Å². The molecule has 0 heterocycles. The third-order valence-corrected chi connectivity index (χ3v) is 4.81. The third-order valence-electron chi connectivity index (χ3n) is 3.04. The second kappa shape index (κ2) is 7.76. The van der Waals surface area contributed by atoms with E-state index >= 15 is 0 Å². The maximum atomic E-state index is 12.2. The first-order valence-electron chi connectivity index (χ1n) is 7.57. The SMILES string of the molecule is CC(CCC(=O)O)NC(=O)c1ccc(S(=O)(=O)NC(C)(C)C)cc1. The Labute approximate surface area is 142 Å². The van der Waals surface area contributed by atoms with Gasteiger partial charge in [0.2, 0.25) is 10.0 Å². The van der Waals surface area contributed by atoms with Crippen molar-refractivity contribution in [3.63, 3.8) is 0 Å². The number of benzene rings is 1. The summed E-state index contributed by atoms with van der Waals surface area (Å²) < 4.78 is 26.9. The van der Waals surface area contributed by atoms with Crippen LogP contribution in [0.3, 0.4) is 0 Å². The van der Waals surface area contributed by atoms with Crippen molar-refractivity contribution in [3.05, 3.63) is 29.8 Å². The Kier molecular flexibility index (Phi) is 6.50. The van der Waals surface area contributed by atoms with E-state index < -0.39 is 21.5 Å². The molecule has 0 aliphatic rings. The van der Waals surface area contributed by atoms with Gasteiger partial charge in [0, 0.05) is 23.6 Å². The van der Waals surface area contributed by atoms with E-state index in [1.54, 1.807) is 27.7 Å². The van der Waals surface area contributed by atoms with E-state index in [9.17, 15) is 18.0 Å². The van der Waals surface area contributed by atoms with Gasteiger partial charge in [0.25, 0.3) is 5.91 Å². The van der Waals surface area contributed by atoms with E-state index in [4.69, 9.17) is 5.11 Å². The summed E-state index contributed by atoms with van der Waals surface area (Å²) in [7, 11) is -3.65. The van der Waals surface area contributed by atoms with Crippen molar-refractivity contribution in [2.24, 2.45) is 0 Å². The smallest absolute Gasteiger partial charge is 0.303 e. The van der Waals surface area contributed by atoms with Crippen LogP contribution >= 0.6 is 0 Å². The molecule has 24 heavy (non-hydrogen) atoms. The number of carbonyl (C=O) groups is 2. The van der Waals surface area contributed by atoms with Crippen LogP contribution in [0.15, 0.2) is 29.2 Å². The summed E-state index contributed by atoms with van der Waals surface area (Å²) in [6.07, 6.45) is 0.292. The number of nitrogens with one attached hydrogen (secondary N) is 2. The predicted molar refractivity (Wildman–Crippen MR) is 90.3 cm³/mol. The lowest BCUT2D eigenvalue weighted by Crippen LogP contribution is -2.40. The first kappa shape index (κ1) is 20.1. The average Bonchev–Trinajstić information content (AvgIpc) is 2.42. The lowest BCUT2D eigenvalue weighted by Gasteiger charge is -2.20. The van der Waals surface area contributed by atoms with Gasteiger partial charge in [-0.2, -0.15) is 0 Å². The predicted octanol–water partition coefficient (Wildman–Crippen LogP) is 1.75. The topological polar surface area (TPSA) is 113 Å². The maximum absolute atomic E-state index is 12.2. The van der Waals surface area contributed by atoms with E-state index in [1.807, 2.05) is 0 Å². The highest BCUT2D eigenvalue weighted by Gasteiger charge is 2.22. The Balaban J connectivity index is 2.77. The standard InChI is InChI=1S/C16H24N2O5S/c1-11(5-10-14(19)20)17-15(21)12-6-8-13(9-7-12)24(22,23)18-16(2,3)4/h6-9,11,18H,5,10H2,1-4H3,(H,17,21)(H,19,20). The zero-order valence-electron chi connectivity index (χ0n) is 14.3. The Morgan fingerprint density at radius 2 is 1.71 bits per heavy atom. The molecule has 8 heteroatoms. The first-order valence-corrected chi connectivity index (χ1v) is 9.06. The van der Waals surface area contributed by atoms with Gasteiger partial charge in [-0.05, 0) is 58.4 Å². The fourth-order valence-corrected chi connectivity index (χ4v) is 3.39. The number of hydrogen-bond donors (Lipinski definition) is 3. The second-order valence-corrected chi connectivity index (χ2v) is 8.37. The molecule has 1 aromatic rings. The van der Waals surface area contributed by atoms with Gasteiger partial charge in [0.15, 0.2) is 0 Å². The van der Waals surface area contributed by atoms with Crippen LogP contribution in [-0.4, -0.2) is 37.0 Å². The Hall–Kier alpha value is -1.93. The van der Waals surface area contributed by atoms with Gasteiger partial charge in [-0.3, -0.25) is 9.59 Å². The molecule has 1 unspecified atom stereocenters. The van der Waals surface area contributed by atoms with E-state index in [1.165, 1.54) is 24.3 Å². The molecule has 0 aromatic heterocycles. The maximum Gasteiger partial charge on any atom is 0.303 e. The third kappa shape index (κ3) is 6.67. The molecule has 3 N–H and O–H groups in total. The number of aliphatic carboxylic acids is 1. The molecule has 1 atom stereocenters. The van der Waals surface area contributed by atoms with E-state index in [0.29, 0.717) is 12.0 Å². The van der Waals surface area contributed by atoms with Crippen molar-refractivity contribution in [2.75, 3.05) is 0 Å². The largest absolute Gasteiger partial charge is 0.481 e. The van der Waals surface area contributed by atoms with Crippen LogP contribution < -0.4 is 10.0 Å². The van der Waals surface area contributed by atoms with Crippen LogP contribution in [0.25, 0.3) is 0 Å². The summed E-state index contributed by atoms with van der Waals surface area (Å²) in [6, 6.07) is 5.29. The van der Waals surface area contributed by atoms with Crippen molar-refractivity contribution in [3.8, 4) is 0 Å². The van der Waals surface area contributed by atoms with Gasteiger partial charge in [-0.25, -0.2) is 13.1 Å². The molecule has 0 radical (unpaired) electrons. The molecule has 1 amide bonds. The molecule has 0 aliphatic carbocycles. The molecule has 134 valence electrons. The lowest BCUT2D eigenvalue weighted by atomic mass is 10.1. The second-order valence-electron chi connectivity index (χ2n) is 6.69. The minimum Gasteiger partial charge on any atom is -0.481 e. The van der Waals surface area contributed by atoms with Crippen molar-refractivity contribution in [2.45, 2.75) is 57.0 Å². The molecule has 0 spiro atoms. The Bertz CT molecular complexity index is 690. The summed E-state index contributed by atoms with van der Waals surface area (Å²) >= 11 is 0. The molecular weight excluding hydrogens is 332 g/mol. The van der Waals surface area contributed by atoms with E-state index in [2.05, 4.69) is 10.0 Å². The molecule has 0 saturated heterocycles. The summed E-state index contributed by atoms with van der Waals surface area (Å²) in [4.78, 5) is 22.7. The minimum atomic E-state index is -3.65. The molecule has 0 fully saturated rings. The number of amides is 1. The van der Waals surface area contributed by atoms with Gasteiger partial charge in [0.1, 0.15) is 0 Å². The molecule has 0 saturated carbocycles. The molecule has 0 bridgehead atoms. The van der Waals surface area contributed by atoms with Crippen LogP contribution in [0.5, 0.6) is 0 Å². The highest BCUT2D eigenvalue weighted by atomic mass is 32.2. The number of sulfonamides is 1. The van der Waals surface area contributed by atoms with Crippen molar-refractivity contribution in [1.82, 2.24) is 10.0 Å². The molecule has 1 rings (SSSR count). The molecular formula is C16H24N2O5S. The number of carboxylic acid groups (broad SMARTS) is 1. The fourth-order valence-electron chi connectivity index (χ4n) is 1.97. The van der Waals surface area contributed by atoms with Crippen LogP contribution in [0, 0.1) is 0 Å². The summed E-state index contributed by atoms with van der Waals surface area (Å²) in [5.41, 5.74) is -0.291. The average molecular weight is 356 g/mol. The number of carboxylic acids is 1. The van der Waals surface area contributed by atoms with Crippen LogP contribution in [0.1, 0.15) is 50.9 Å². The monoisotopic (exact) mass is 356 g/mol. The Morgan fingerprint density at radius 1 is 1.17 bits per heavy atom. The zero-order valence-corrected chi connectivity index (χ0v) is 15.1. The van der Waals surface area contributed by atoms with Crippen molar-refractivity contribution < 1.29 is 23.1 Å². The van der Waals surface area contributed by atoms with Gasteiger partial charge < -0.3 is 10.4 Å². The number of rotatable bonds is 7. The lowest BCUT2D eigenvalue weighted by molar-refractivity contribution is -0.137. The van der Waals surface area contributed by atoms with Crippen LogP contribution in [-0.2, 0) is 14.8 Å². The van der Waals surface area contributed by atoms with Gasteiger partial charge in [-0.1, -0.05) is 0 Å². The number of carbonyl (C=O) groups excluding carboxylic acids is 1. The zero-order chi connectivity index (χ0) is 18.5. The first-order chi connectivity index (χ1) is 10.9. The van der Waals surface area contributed by atoms with Gasteiger partial charge in [0.05, 0.1) is 4.90 Å². The molecule has 1 aromatic carbocycles. The molecule has 0 aliphatic heterocycles. The summed E-state index contributed by atoms with van der Waals surface area (Å²) in [6.45, 7) is 6.94. The quantitative estimate of drug-likeness (QED) is 0.689. The fraction of sp³-hybridized carbons (Fsp3) is 0.500. The summed E-state index contributed by atoms with van der Waals surface area (Å²) in [5, 5.41) is 11.3. The van der Waals surface area contributed by atoms with Crippen LogP contribution in [0.4, 0.5) is 0 Å². The number of hydrogen-bond acceptors (Lipinski definition) is 4. The minimum absolute atomic E-state index is 0.0307. The highest BCUT2D eigenvalue weighted by molar-refractivity contribution is 7.89. The van der Waals surface area contributed by atoms with E-state index in [-0.39, 0.29) is 23.3 Å². The van der Waals surface area contributed by atoms with E-state index in [0.717, 1.165) is 0 Å². The Morgan fingerprint density at radius 3 is 2.17 bits per heavy atom. The highest BCUT2D eigenvalue weighted by Crippen LogP contribution is 2.14. The van der Waals surface area contributed by atoms with Crippen molar-refractivity contribution in [1.29, 1.82) is 0 Å². The normalized spacial score (nSPS) is 13.3. The van der Waals surface area contributed by atoms with Crippen molar-refractivity contribution >= 4 is 21.9 Å². The molecule has 7 nitrogen and oxygen atoms in total.